The molecule has 92 valence electrons. The molecule has 1 aromatic carbocycles. The van der Waals surface area contributed by atoms with Crippen molar-refractivity contribution in [2.75, 3.05) is 11.9 Å². The highest BCUT2D eigenvalue weighted by Crippen LogP contribution is 2.21. The number of hydrogen-bond donors (Lipinski definition) is 1. The summed E-state index contributed by atoms with van der Waals surface area (Å²) in [5.74, 6) is -0.00593. The van der Waals surface area contributed by atoms with E-state index >= 15 is 0 Å². The zero-order valence-corrected chi connectivity index (χ0v) is 10.4. The van der Waals surface area contributed by atoms with Crippen LogP contribution in [0.4, 0.5) is 5.69 Å². The number of benzene rings is 1. The van der Waals surface area contributed by atoms with Gasteiger partial charge in [-0.05, 0) is 31.4 Å². The SMILES string of the molecule is O=C(CC[C@@H]1CCCO1)Nc1ccccc1Cl. The van der Waals surface area contributed by atoms with Gasteiger partial charge in [0, 0.05) is 13.0 Å². The van der Waals surface area contributed by atoms with Crippen molar-refractivity contribution < 1.29 is 9.53 Å². The molecule has 4 heteroatoms. The van der Waals surface area contributed by atoms with E-state index in [0.717, 1.165) is 25.9 Å². The van der Waals surface area contributed by atoms with E-state index in [1.165, 1.54) is 0 Å². The number of rotatable bonds is 4. The van der Waals surface area contributed by atoms with Crippen molar-refractivity contribution in [1.29, 1.82) is 0 Å². The fourth-order valence-electron chi connectivity index (χ4n) is 1.94. The monoisotopic (exact) mass is 253 g/mol. The summed E-state index contributed by atoms with van der Waals surface area (Å²) >= 11 is 5.96. The molecule has 0 spiro atoms. The molecule has 17 heavy (non-hydrogen) atoms. The van der Waals surface area contributed by atoms with Crippen molar-refractivity contribution in [3.63, 3.8) is 0 Å². The third-order valence-electron chi connectivity index (χ3n) is 2.87. The van der Waals surface area contributed by atoms with E-state index in [1.807, 2.05) is 12.1 Å². The highest BCUT2D eigenvalue weighted by Gasteiger charge is 2.16. The van der Waals surface area contributed by atoms with Crippen LogP contribution in [0.25, 0.3) is 0 Å². The molecule has 1 N–H and O–H groups in total. The van der Waals surface area contributed by atoms with Crippen LogP contribution in [-0.4, -0.2) is 18.6 Å². The van der Waals surface area contributed by atoms with Crippen molar-refractivity contribution in [3.05, 3.63) is 29.3 Å². The Hall–Kier alpha value is -1.06. The summed E-state index contributed by atoms with van der Waals surface area (Å²) in [6.45, 7) is 0.830. The summed E-state index contributed by atoms with van der Waals surface area (Å²) in [4.78, 5) is 11.7. The van der Waals surface area contributed by atoms with E-state index in [1.54, 1.807) is 12.1 Å². The number of ether oxygens (including phenoxy) is 1. The molecular weight excluding hydrogens is 238 g/mol. The molecule has 1 atom stereocenters. The number of carbonyl (C=O) groups is 1. The quantitative estimate of drug-likeness (QED) is 0.895. The Balaban J connectivity index is 1.79. The standard InChI is InChI=1S/C13H16ClNO2/c14-11-5-1-2-6-12(11)15-13(16)8-7-10-4-3-9-17-10/h1-2,5-6,10H,3-4,7-9H2,(H,15,16)/t10-/m0/s1. The second-order valence-corrected chi connectivity index (χ2v) is 4.61. The van der Waals surface area contributed by atoms with Crippen molar-refractivity contribution in [2.45, 2.75) is 31.8 Å². The molecule has 0 bridgehead atoms. The van der Waals surface area contributed by atoms with Gasteiger partial charge in [0.05, 0.1) is 16.8 Å². The molecule has 1 aliphatic heterocycles. The van der Waals surface area contributed by atoms with Gasteiger partial charge in [0.15, 0.2) is 0 Å². The molecule has 1 heterocycles. The van der Waals surface area contributed by atoms with Gasteiger partial charge in [0.2, 0.25) is 5.91 Å². The van der Waals surface area contributed by atoms with Gasteiger partial charge in [-0.15, -0.1) is 0 Å². The molecule has 0 unspecified atom stereocenters. The van der Waals surface area contributed by atoms with E-state index < -0.39 is 0 Å². The minimum Gasteiger partial charge on any atom is -0.378 e. The number of halogens is 1. The molecule has 2 rings (SSSR count). The number of nitrogens with one attached hydrogen (secondary N) is 1. The topological polar surface area (TPSA) is 38.3 Å². The first-order valence-electron chi connectivity index (χ1n) is 5.91. The lowest BCUT2D eigenvalue weighted by molar-refractivity contribution is -0.116. The number of hydrogen-bond acceptors (Lipinski definition) is 2. The maximum Gasteiger partial charge on any atom is 0.224 e. The molecule has 0 aliphatic carbocycles. The van der Waals surface area contributed by atoms with Crippen LogP contribution < -0.4 is 5.32 Å². The highest BCUT2D eigenvalue weighted by atomic mass is 35.5. The van der Waals surface area contributed by atoms with Gasteiger partial charge in [-0.2, -0.15) is 0 Å². The fraction of sp³-hybridized carbons (Fsp3) is 0.462. The number of anilines is 1. The fourth-order valence-corrected chi connectivity index (χ4v) is 2.12. The van der Waals surface area contributed by atoms with Crippen LogP contribution in [-0.2, 0) is 9.53 Å². The summed E-state index contributed by atoms with van der Waals surface area (Å²) in [7, 11) is 0. The summed E-state index contributed by atoms with van der Waals surface area (Å²) in [5, 5.41) is 3.38. The predicted octanol–water partition coefficient (Wildman–Crippen LogP) is 3.24. The first-order valence-corrected chi connectivity index (χ1v) is 6.29. The largest absolute Gasteiger partial charge is 0.378 e. The van der Waals surface area contributed by atoms with Gasteiger partial charge in [-0.3, -0.25) is 4.79 Å². The van der Waals surface area contributed by atoms with Gasteiger partial charge in [-0.25, -0.2) is 0 Å². The minimum absolute atomic E-state index is 0.00593. The average molecular weight is 254 g/mol. The summed E-state index contributed by atoms with van der Waals surface area (Å²) in [6.07, 6.45) is 3.70. The Bertz CT molecular complexity index is 389. The second kappa shape index (κ2) is 6.03. The van der Waals surface area contributed by atoms with Crippen LogP contribution in [0.3, 0.4) is 0 Å². The predicted molar refractivity (Wildman–Crippen MR) is 68.3 cm³/mol. The molecule has 1 amide bonds. The Morgan fingerprint density at radius 3 is 3.00 bits per heavy atom. The van der Waals surface area contributed by atoms with Crippen molar-refractivity contribution in [1.82, 2.24) is 0 Å². The summed E-state index contributed by atoms with van der Waals surface area (Å²) in [6, 6.07) is 7.25. The molecular formula is C13H16ClNO2. The molecule has 1 aromatic rings. The molecule has 0 saturated carbocycles. The van der Waals surface area contributed by atoms with E-state index in [-0.39, 0.29) is 12.0 Å². The van der Waals surface area contributed by atoms with E-state index in [4.69, 9.17) is 16.3 Å². The van der Waals surface area contributed by atoms with Gasteiger partial charge >= 0.3 is 0 Å². The van der Waals surface area contributed by atoms with Crippen molar-refractivity contribution in [2.24, 2.45) is 0 Å². The summed E-state index contributed by atoms with van der Waals surface area (Å²) < 4.78 is 5.47. The van der Waals surface area contributed by atoms with E-state index in [0.29, 0.717) is 17.1 Å². The van der Waals surface area contributed by atoms with Gasteiger partial charge < -0.3 is 10.1 Å². The molecule has 3 nitrogen and oxygen atoms in total. The zero-order valence-electron chi connectivity index (χ0n) is 9.62. The molecule has 0 radical (unpaired) electrons. The maximum atomic E-state index is 11.7. The first-order chi connectivity index (χ1) is 8.25. The Morgan fingerprint density at radius 1 is 1.47 bits per heavy atom. The lowest BCUT2D eigenvalue weighted by Gasteiger charge is -2.10. The Labute approximate surface area is 106 Å². The lowest BCUT2D eigenvalue weighted by Crippen LogP contribution is -2.15. The van der Waals surface area contributed by atoms with Crippen molar-refractivity contribution in [3.8, 4) is 0 Å². The van der Waals surface area contributed by atoms with Crippen LogP contribution in [0.1, 0.15) is 25.7 Å². The van der Waals surface area contributed by atoms with E-state index in [2.05, 4.69) is 5.32 Å². The Morgan fingerprint density at radius 2 is 2.29 bits per heavy atom. The molecule has 1 saturated heterocycles. The zero-order chi connectivity index (χ0) is 12.1. The van der Waals surface area contributed by atoms with Gasteiger partial charge in [-0.1, -0.05) is 23.7 Å². The highest BCUT2D eigenvalue weighted by molar-refractivity contribution is 6.33. The normalized spacial score (nSPS) is 19.2. The van der Waals surface area contributed by atoms with Gasteiger partial charge in [0.1, 0.15) is 0 Å². The van der Waals surface area contributed by atoms with Crippen LogP contribution >= 0.6 is 11.6 Å². The number of carbonyl (C=O) groups excluding carboxylic acids is 1. The van der Waals surface area contributed by atoms with Crippen LogP contribution in [0.2, 0.25) is 5.02 Å². The minimum atomic E-state index is -0.00593. The summed E-state index contributed by atoms with van der Waals surface area (Å²) in [5.41, 5.74) is 0.673. The van der Waals surface area contributed by atoms with Crippen LogP contribution in [0.15, 0.2) is 24.3 Å². The third kappa shape index (κ3) is 3.72. The lowest BCUT2D eigenvalue weighted by atomic mass is 10.1. The van der Waals surface area contributed by atoms with Crippen LogP contribution in [0.5, 0.6) is 0 Å². The first kappa shape index (κ1) is 12.4. The smallest absolute Gasteiger partial charge is 0.224 e. The van der Waals surface area contributed by atoms with Crippen molar-refractivity contribution >= 4 is 23.2 Å². The third-order valence-corrected chi connectivity index (χ3v) is 3.19. The van der Waals surface area contributed by atoms with Crippen LogP contribution in [0, 0.1) is 0 Å². The van der Waals surface area contributed by atoms with Gasteiger partial charge in [0.25, 0.3) is 0 Å². The Kier molecular flexibility index (Phi) is 4.40. The average Bonchev–Trinajstić information content (AvgIpc) is 2.82. The number of para-hydroxylation sites is 1. The molecule has 1 fully saturated rings. The maximum absolute atomic E-state index is 11.7. The second-order valence-electron chi connectivity index (χ2n) is 4.20. The van der Waals surface area contributed by atoms with E-state index in [9.17, 15) is 4.79 Å². The number of amides is 1. The molecule has 1 aliphatic rings. The molecule has 0 aromatic heterocycles.